The molecule has 2 amide bonds. The number of halogens is 1. The molecule has 0 heterocycles. The Morgan fingerprint density at radius 2 is 1.81 bits per heavy atom. The van der Waals surface area contributed by atoms with Crippen molar-refractivity contribution in [1.29, 1.82) is 0 Å². The van der Waals surface area contributed by atoms with Crippen LogP contribution in [-0.4, -0.2) is 25.0 Å². The van der Waals surface area contributed by atoms with Gasteiger partial charge in [-0.15, -0.1) is 0 Å². The van der Waals surface area contributed by atoms with Crippen LogP contribution in [-0.2, 0) is 4.79 Å². The van der Waals surface area contributed by atoms with Gasteiger partial charge in [-0.05, 0) is 72.2 Å². The van der Waals surface area contributed by atoms with E-state index in [1.807, 2.05) is 37.4 Å². The van der Waals surface area contributed by atoms with Crippen molar-refractivity contribution >= 4 is 33.4 Å². The zero-order valence-electron chi connectivity index (χ0n) is 15.0. The molecule has 6 nitrogen and oxygen atoms in total. The number of hydrogen-bond donors (Lipinski definition) is 3. The van der Waals surface area contributed by atoms with Crippen molar-refractivity contribution in [1.82, 2.24) is 0 Å². The third kappa shape index (κ3) is 5.06. The predicted molar refractivity (Wildman–Crippen MR) is 104 cm³/mol. The van der Waals surface area contributed by atoms with E-state index in [1.54, 1.807) is 31.4 Å². The summed E-state index contributed by atoms with van der Waals surface area (Å²) in [7, 11) is 1.62. The predicted octanol–water partition coefficient (Wildman–Crippen LogP) is 2.21. The van der Waals surface area contributed by atoms with Gasteiger partial charge >= 0.3 is 0 Å². The zero-order chi connectivity index (χ0) is 19.3. The normalized spacial score (nSPS) is 12.9. The monoisotopic (exact) mass is 420 g/mol. The lowest BCUT2D eigenvalue weighted by molar-refractivity contribution is -0.709. The molecule has 0 saturated carbocycles. The van der Waals surface area contributed by atoms with Crippen LogP contribution in [0.5, 0.6) is 5.75 Å². The lowest BCUT2D eigenvalue weighted by atomic mass is 10.1. The van der Waals surface area contributed by atoms with Gasteiger partial charge in [-0.2, -0.15) is 0 Å². The van der Waals surface area contributed by atoms with Gasteiger partial charge in [0.1, 0.15) is 11.8 Å². The van der Waals surface area contributed by atoms with Crippen molar-refractivity contribution in [2.24, 2.45) is 5.73 Å². The fourth-order valence-corrected chi connectivity index (χ4v) is 3.13. The molecule has 0 saturated heterocycles. The Bertz CT molecular complexity index is 793. The number of benzene rings is 2. The molecule has 2 rings (SSSR count). The Morgan fingerprint density at radius 3 is 2.35 bits per heavy atom. The van der Waals surface area contributed by atoms with Crippen molar-refractivity contribution in [3.05, 3.63) is 58.1 Å². The summed E-state index contributed by atoms with van der Waals surface area (Å²) in [5.41, 5.74) is 7.33. The molecule has 0 aromatic heterocycles. The summed E-state index contributed by atoms with van der Waals surface area (Å²) in [6, 6.07) is 12.2. The summed E-state index contributed by atoms with van der Waals surface area (Å²) in [5, 5.41) is 4.83. The smallest absolute Gasteiger partial charge is 0.282 e. The summed E-state index contributed by atoms with van der Waals surface area (Å²) in [5.74, 6) is 0.159. The number of carbonyl (C=O) groups excluding carboxylic acids is 2. The quantitative estimate of drug-likeness (QED) is 0.640. The van der Waals surface area contributed by atoms with E-state index < -0.39 is 5.91 Å². The molecular formula is C19H23BrN3O3+. The molecule has 0 bridgehead atoms. The lowest BCUT2D eigenvalue weighted by Crippen LogP contribution is -2.91. The Morgan fingerprint density at radius 1 is 1.15 bits per heavy atom. The molecule has 0 aliphatic rings. The van der Waals surface area contributed by atoms with Gasteiger partial charge in [0.2, 0.25) is 5.91 Å². The maximum absolute atomic E-state index is 12.4. The number of primary amides is 1. The molecule has 5 N–H and O–H groups in total. The van der Waals surface area contributed by atoms with E-state index in [1.165, 1.54) is 0 Å². The van der Waals surface area contributed by atoms with Crippen LogP contribution in [0.25, 0.3) is 0 Å². The largest absolute Gasteiger partial charge is 0.496 e. The zero-order valence-corrected chi connectivity index (χ0v) is 16.5. The maximum Gasteiger partial charge on any atom is 0.282 e. The van der Waals surface area contributed by atoms with E-state index in [4.69, 9.17) is 10.5 Å². The number of anilines is 1. The van der Waals surface area contributed by atoms with E-state index in [9.17, 15) is 9.59 Å². The molecular weight excluding hydrogens is 398 g/mol. The van der Waals surface area contributed by atoms with Crippen LogP contribution < -0.4 is 21.1 Å². The highest BCUT2D eigenvalue weighted by Gasteiger charge is 2.21. The molecule has 0 radical (unpaired) electrons. The van der Waals surface area contributed by atoms with E-state index in [0.29, 0.717) is 11.3 Å². The van der Waals surface area contributed by atoms with Crippen molar-refractivity contribution in [2.75, 3.05) is 12.4 Å². The van der Waals surface area contributed by atoms with Crippen molar-refractivity contribution in [2.45, 2.75) is 25.9 Å². The molecule has 26 heavy (non-hydrogen) atoms. The van der Waals surface area contributed by atoms with Gasteiger partial charge in [-0.25, -0.2) is 0 Å². The van der Waals surface area contributed by atoms with Crippen molar-refractivity contribution in [3.8, 4) is 5.75 Å². The van der Waals surface area contributed by atoms with Gasteiger partial charge < -0.3 is 21.1 Å². The number of amides is 2. The molecule has 2 aromatic rings. The molecule has 2 atom stereocenters. The minimum atomic E-state index is -0.496. The molecule has 0 aliphatic carbocycles. The number of methoxy groups -OCH3 is 1. The summed E-state index contributed by atoms with van der Waals surface area (Å²) in [6.45, 7) is 3.89. The Hall–Kier alpha value is -2.38. The molecule has 0 unspecified atom stereocenters. The highest BCUT2D eigenvalue weighted by molar-refractivity contribution is 9.10. The third-order valence-electron chi connectivity index (χ3n) is 4.13. The fraction of sp³-hybridized carbons (Fsp3) is 0.263. The number of quaternary nitrogens is 1. The number of nitrogens with two attached hydrogens (primary N) is 2. The first-order valence-corrected chi connectivity index (χ1v) is 9.00. The van der Waals surface area contributed by atoms with Crippen molar-refractivity contribution < 1.29 is 19.6 Å². The fourth-order valence-electron chi connectivity index (χ4n) is 2.57. The Labute approximate surface area is 161 Å². The SMILES string of the molecule is COc1ccc([C@H](C)[NH2+][C@H](C)C(=O)Nc2ccc(C(N)=O)cc2)cc1Br. The molecule has 138 valence electrons. The summed E-state index contributed by atoms with van der Waals surface area (Å²) >= 11 is 3.48. The Balaban J connectivity index is 1.97. The number of ether oxygens (including phenoxy) is 1. The van der Waals surface area contributed by atoms with Crippen LogP contribution >= 0.6 is 15.9 Å². The number of carbonyl (C=O) groups is 2. The minimum absolute atomic E-state index is 0.0928. The standard InChI is InChI=1S/C19H22BrN3O3/c1-11(14-6-9-17(26-3)16(20)10-14)22-12(2)19(25)23-15-7-4-13(5-8-15)18(21)24/h4-12,22H,1-3H3,(H2,21,24)(H,23,25)/p+1/t11-,12+/m0/s1. The van der Waals surface area contributed by atoms with Crippen molar-refractivity contribution in [3.63, 3.8) is 0 Å². The van der Waals surface area contributed by atoms with Crippen LogP contribution in [0.1, 0.15) is 35.8 Å². The van der Waals surface area contributed by atoms with Crippen LogP contribution in [0, 0.1) is 0 Å². The van der Waals surface area contributed by atoms with Gasteiger partial charge in [0.15, 0.2) is 6.04 Å². The number of hydrogen-bond acceptors (Lipinski definition) is 3. The molecule has 0 spiro atoms. The first-order valence-electron chi connectivity index (χ1n) is 8.21. The van der Waals surface area contributed by atoms with Gasteiger partial charge in [0.05, 0.1) is 11.6 Å². The summed E-state index contributed by atoms with van der Waals surface area (Å²) < 4.78 is 6.12. The third-order valence-corrected chi connectivity index (χ3v) is 4.75. The van der Waals surface area contributed by atoms with E-state index in [0.717, 1.165) is 15.8 Å². The summed E-state index contributed by atoms with van der Waals surface area (Å²) in [6.07, 6.45) is 0. The van der Waals surface area contributed by atoms with Gasteiger partial charge in [-0.1, -0.05) is 0 Å². The average molecular weight is 421 g/mol. The first kappa shape index (κ1) is 19.9. The molecule has 0 fully saturated rings. The number of rotatable bonds is 7. The van der Waals surface area contributed by atoms with E-state index >= 15 is 0 Å². The Kier molecular flexibility index (Phi) is 6.76. The minimum Gasteiger partial charge on any atom is -0.496 e. The van der Waals surface area contributed by atoms with Crippen LogP contribution in [0.2, 0.25) is 0 Å². The van der Waals surface area contributed by atoms with Crippen LogP contribution in [0.4, 0.5) is 5.69 Å². The number of nitrogens with one attached hydrogen (secondary N) is 1. The van der Waals surface area contributed by atoms with Crippen LogP contribution in [0.15, 0.2) is 46.9 Å². The molecule has 0 aliphatic heterocycles. The van der Waals surface area contributed by atoms with E-state index in [-0.39, 0.29) is 18.0 Å². The summed E-state index contributed by atoms with van der Waals surface area (Å²) in [4.78, 5) is 23.5. The second-order valence-corrected chi connectivity index (χ2v) is 6.95. The van der Waals surface area contributed by atoms with Gasteiger partial charge in [0.25, 0.3) is 5.91 Å². The van der Waals surface area contributed by atoms with Gasteiger partial charge in [0, 0.05) is 16.8 Å². The second kappa shape index (κ2) is 8.82. The maximum atomic E-state index is 12.4. The van der Waals surface area contributed by atoms with Crippen LogP contribution in [0.3, 0.4) is 0 Å². The topological polar surface area (TPSA) is 98.0 Å². The molecule has 2 aromatic carbocycles. The molecule has 7 heteroatoms. The second-order valence-electron chi connectivity index (χ2n) is 6.09. The lowest BCUT2D eigenvalue weighted by Gasteiger charge is -2.17. The van der Waals surface area contributed by atoms with Gasteiger partial charge in [-0.3, -0.25) is 9.59 Å². The first-order chi connectivity index (χ1) is 12.3. The highest BCUT2D eigenvalue weighted by atomic mass is 79.9. The average Bonchev–Trinajstić information content (AvgIpc) is 2.61. The van der Waals surface area contributed by atoms with E-state index in [2.05, 4.69) is 21.2 Å². The highest BCUT2D eigenvalue weighted by Crippen LogP contribution is 2.27.